The molecule has 0 bridgehead atoms. The molecule has 0 spiro atoms. The molecule has 168 valence electrons. The van der Waals surface area contributed by atoms with E-state index in [-0.39, 0.29) is 23.8 Å². The number of allylic oxidation sites excluding steroid dienone is 2. The van der Waals surface area contributed by atoms with E-state index in [2.05, 4.69) is 22.0 Å². The van der Waals surface area contributed by atoms with Crippen LogP contribution in [0.4, 0.5) is 0 Å². The van der Waals surface area contributed by atoms with Crippen molar-refractivity contribution in [2.75, 3.05) is 7.11 Å². The lowest BCUT2D eigenvalue weighted by Crippen LogP contribution is -2.31. The summed E-state index contributed by atoms with van der Waals surface area (Å²) in [6, 6.07) is 14.7. The van der Waals surface area contributed by atoms with Crippen LogP contribution in [-0.2, 0) is 25.7 Å². The number of nitriles is 1. The highest BCUT2D eigenvalue weighted by molar-refractivity contribution is 9.10. The maximum absolute atomic E-state index is 13.0. The van der Waals surface area contributed by atoms with E-state index < -0.39 is 11.9 Å². The zero-order valence-electron chi connectivity index (χ0n) is 17.9. The molecule has 33 heavy (non-hydrogen) atoms. The molecule has 0 saturated carbocycles. The molecule has 2 N–H and O–H groups in total. The topological polar surface area (TPSA) is 112 Å². The van der Waals surface area contributed by atoms with Crippen LogP contribution in [0.15, 0.2) is 69.7 Å². The largest absolute Gasteiger partial charge is 0.489 e. The van der Waals surface area contributed by atoms with Crippen molar-refractivity contribution >= 4 is 27.7 Å². The van der Waals surface area contributed by atoms with Crippen LogP contribution in [0.5, 0.6) is 5.75 Å². The van der Waals surface area contributed by atoms with E-state index in [1.165, 1.54) is 7.11 Å². The van der Waals surface area contributed by atoms with E-state index in [1.807, 2.05) is 12.1 Å². The van der Waals surface area contributed by atoms with Gasteiger partial charge in [0, 0.05) is 34.0 Å². The van der Waals surface area contributed by atoms with Gasteiger partial charge < -0.3 is 19.9 Å². The van der Waals surface area contributed by atoms with E-state index in [4.69, 9.17) is 19.9 Å². The van der Waals surface area contributed by atoms with Gasteiger partial charge in [0.2, 0.25) is 5.88 Å². The first-order chi connectivity index (χ1) is 15.9. The van der Waals surface area contributed by atoms with Crippen molar-refractivity contribution in [3.05, 3.63) is 86.4 Å². The van der Waals surface area contributed by atoms with Crippen LogP contribution in [0.3, 0.4) is 0 Å². The summed E-state index contributed by atoms with van der Waals surface area (Å²) >= 11 is 3.48. The number of carbonyl (C=O) groups is 2. The van der Waals surface area contributed by atoms with Gasteiger partial charge in [0.05, 0.1) is 24.7 Å². The molecule has 4 rings (SSSR count). The van der Waals surface area contributed by atoms with Crippen LogP contribution in [0, 0.1) is 11.3 Å². The molecule has 1 aliphatic heterocycles. The van der Waals surface area contributed by atoms with E-state index in [1.54, 1.807) is 30.3 Å². The quantitative estimate of drug-likeness (QED) is 0.596. The average molecular weight is 509 g/mol. The van der Waals surface area contributed by atoms with Gasteiger partial charge in [-0.15, -0.1) is 0 Å². The van der Waals surface area contributed by atoms with Crippen molar-refractivity contribution in [1.29, 1.82) is 5.26 Å². The van der Waals surface area contributed by atoms with Gasteiger partial charge >= 0.3 is 5.97 Å². The number of Topliss-reactive ketones (excluding diaryl/α,β-unsaturated/α-hetero) is 1. The SMILES string of the molecule is COC(=O)C1=C(N)OC2=C(C(=O)CCC2)[C@@H]1c1cc(Br)ccc1OCc1ccccc1C#N. The number of nitrogens with two attached hydrogens (primary N) is 1. The Bertz CT molecular complexity index is 1240. The molecule has 0 radical (unpaired) electrons. The molecule has 2 aromatic carbocycles. The normalized spacial score (nSPS) is 17.7. The van der Waals surface area contributed by atoms with Crippen LogP contribution >= 0.6 is 15.9 Å². The van der Waals surface area contributed by atoms with E-state index in [0.29, 0.717) is 47.5 Å². The van der Waals surface area contributed by atoms with Crippen LogP contribution in [0.2, 0.25) is 0 Å². The Kier molecular flexibility index (Phi) is 6.52. The lowest BCUT2D eigenvalue weighted by molar-refractivity contribution is -0.136. The molecule has 7 nitrogen and oxygen atoms in total. The molecule has 0 unspecified atom stereocenters. The molecular formula is C25H21BrN2O5. The number of ether oxygens (including phenoxy) is 3. The Hall–Kier alpha value is -3.57. The number of methoxy groups -OCH3 is 1. The van der Waals surface area contributed by atoms with Crippen LogP contribution < -0.4 is 10.5 Å². The fraction of sp³-hybridized carbons (Fsp3) is 0.240. The van der Waals surface area contributed by atoms with E-state index in [9.17, 15) is 14.9 Å². The molecule has 8 heteroatoms. The minimum absolute atomic E-state index is 0.0619. The molecule has 1 heterocycles. The van der Waals surface area contributed by atoms with Crippen LogP contribution in [-0.4, -0.2) is 18.9 Å². The molecule has 2 aromatic rings. The second kappa shape index (κ2) is 9.51. The number of benzene rings is 2. The Morgan fingerprint density at radius 1 is 1.27 bits per heavy atom. The number of halogens is 1. The van der Waals surface area contributed by atoms with E-state index >= 15 is 0 Å². The Labute approximate surface area is 199 Å². The third kappa shape index (κ3) is 4.37. The monoisotopic (exact) mass is 508 g/mol. The van der Waals surface area contributed by atoms with Gasteiger partial charge in [-0.2, -0.15) is 5.26 Å². The van der Waals surface area contributed by atoms with Crippen molar-refractivity contribution in [2.45, 2.75) is 31.8 Å². The van der Waals surface area contributed by atoms with E-state index in [0.717, 1.165) is 10.0 Å². The van der Waals surface area contributed by atoms with Gasteiger partial charge in [-0.25, -0.2) is 4.79 Å². The van der Waals surface area contributed by atoms with Gasteiger partial charge in [0.15, 0.2) is 5.78 Å². The van der Waals surface area contributed by atoms with Crippen molar-refractivity contribution in [2.24, 2.45) is 5.73 Å². The van der Waals surface area contributed by atoms with Crippen molar-refractivity contribution < 1.29 is 23.8 Å². The smallest absolute Gasteiger partial charge is 0.340 e. The fourth-order valence-electron chi connectivity index (χ4n) is 4.16. The number of esters is 1. The van der Waals surface area contributed by atoms with Crippen LogP contribution in [0.25, 0.3) is 0 Å². The number of nitrogens with zero attached hydrogens (tertiary/aromatic N) is 1. The minimum atomic E-state index is -0.798. The Morgan fingerprint density at radius 2 is 2.06 bits per heavy atom. The second-order valence-corrected chi connectivity index (χ2v) is 8.57. The Balaban J connectivity index is 1.83. The first-order valence-electron chi connectivity index (χ1n) is 10.4. The molecule has 1 atom stereocenters. The lowest BCUT2D eigenvalue weighted by atomic mass is 9.77. The predicted molar refractivity (Wildman–Crippen MR) is 123 cm³/mol. The fourth-order valence-corrected chi connectivity index (χ4v) is 4.54. The molecule has 2 aliphatic rings. The number of hydrogen-bond acceptors (Lipinski definition) is 7. The summed E-state index contributed by atoms with van der Waals surface area (Å²) in [6.45, 7) is 0.133. The van der Waals surface area contributed by atoms with Crippen molar-refractivity contribution in [3.63, 3.8) is 0 Å². The second-order valence-electron chi connectivity index (χ2n) is 7.66. The first-order valence-corrected chi connectivity index (χ1v) is 11.2. The summed E-state index contributed by atoms with van der Waals surface area (Å²) in [5, 5.41) is 9.38. The van der Waals surface area contributed by atoms with Gasteiger partial charge in [-0.1, -0.05) is 34.1 Å². The summed E-state index contributed by atoms with van der Waals surface area (Å²) in [6.07, 6.45) is 1.55. The van der Waals surface area contributed by atoms with Gasteiger partial charge in [0.25, 0.3) is 0 Å². The molecule has 0 fully saturated rings. The average Bonchev–Trinajstić information content (AvgIpc) is 2.82. The highest BCUT2D eigenvalue weighted by atomic mass is 79.9. The highest BCUT2D eigenvalue weighted by Gasteiger charge is 2.42. The summed E-state index contributed by atoms with van der Waals surface area (Å²) in [7, 11) is 1.25. The summed E-state index contributed by atoms with van der Waals surface area (Å²) < 4.78 is 17.5. The number of hydrogen-bond donors (Lipinski definition) is 1. The predicted octanol–water partition coefficient (Wildman–Crippen LogP) is 4.36. The molecular weight excluding hydrogens is 488 g/mol. The standard InChI is InChI=1S/C25H21BrN2O5/c1-31-25(30)23-21(22-18(29)7-4-8-20(22)33-24(23)28)17-11-16(26)9-10-19(17)32-13-15-6-3-2-5-14(15)12-27/h2-3,5-6,9-11,21H,4,7-8,13,28H2,1H3/t21-/m0/s1. The molecule has 1 aliphatic carbocycles. The summed E-state index contributed by atoms with van der Waals surface area (Å²) in [5.41, 5.74) is 8.42. The third-order valence-corrected chi connectivity index (χ3v) is 6.19. The van der Waals surface area contributed by atoms with Crippen LogP contribution in [0.1, 0.15) is 41.9 Å². The minimum Gasteiger partial charge on any atom is -0.489 e. The lowest BCUT2D eigenvalue weighted by Gasteiger charge is -2.33. The number of carbonyl (C=O) groups excluding carboxylic acids is 2. The maximum Gasteiger partial charge on any atom is 0.340 e. The van der Waals surface area contributed by atoms with Crippen molar-refractivity contribution in [1.82, 2.24) is 0 Å². The zero-order chi connectivity index (χ0) is 23.5. The highest BCUT2D eigenvalue weighted by Crippen LogP contribution is 2.47. The third-order valence-electron chi connectivity index (χ3n) is 5.69. The van der Waals surface area contributed by atoms with Crippen molar-refractivity contribution in [3.8, 4) is 11.8 Å². The summed E-state index contributed by atoms with van der Waals surface area (Å²) in [4.78, 5) is 25.7. The molecule has 0 amide bonds. The first kappa shape index (κ1) is 22.6. The summed E-state index contributed by atoms with van der Waals surface area (Å²) in [5.74, 6) is -0.729. The van der Waals surface area contributed by atoms with Gasteiger partial charge in [-0.05, 0) is 30.7 Å². The maximum atomic E-state index is 13.0. The Morgan fingerprint density at radius 3 is 2.82 bits per heavy atom. The van der Waals surface area contributed by atoms with Gasteiger partial charge in [-0.3, -0.25) is 4.79 Å². The zero-order valence-corrected chi connectivity index (χ0v) is 19.5. The number of rotatable bonds is 5. The number of ketones is 1. The van der Waals surface area contributed by atoms with Gasteiger partial charge in [0.1, 0.15) is 23.7 Å². The molecule has 0 saturated heterocycles. The molecule has 0 aromatic heterocycles.